The lowest BCUT2D eigenvalue weighted by molar-refractivity contribution is -0.315. The Kier molecular flexibility index (Phi) is 10.1. The first-order valence-electron chi connectivity index (χ1n) is 20.7. The minimum absolute atomic E-state index is 0.0107. The van der Waals surface area contributed by atoms with Crippen LogP contribution in [0.15, 0.2) is 0 Å². The summed E-state index contributed by atoms with van der Waals surface area (Å²) in [7, 11) is 0. The van der Waals surface area contributed by atoms with Gasteiger partial charge in [0.15, 0.2) is 23.9 Å². The topological polar surface area (TPSA) is 219 Å². The molecular formula is C41H63NO14. The maximum atomic E-state index is 14.0. The molecule has 3 aliphatic heterocycles. The molecule has 15 nitrogen and oxygen atoms in total. The third-order valence-corrected chi connectivity index (χ3v) is 16.0. The number of esters is 4. The number of rotatable bonds is 8. The van der Waals surface area contributed by atoms with Crippen molar-refractivity contribution >= 4 is 23.9 Å². The van der Waals surface area contributed by atoms with Gasteiger partial charge >= 0.3 is 23.9 Å². The summed E-state index contributed by atoms with van der Waals surface area (Å²) in [6, 6.07) is -0.288. The van der Waals surface area contributed by atoms with E-state index < -0.39 is 124 Å². The molecule has 0 aromatic carbocycles. The van der Waals surface area contributed by atoms with Crippen molar-refractivity contribution in [2.24, 2.45) is 46.8 Å². The molecule has 4 saturated carbocycles. The van der Waals surface area contributed by atoms with Crippen LogP contribution < -0.4 is 0 Å². The van der Waals surface area contributed by atoms with E-state index >= 15 is 0 Å². The highest BCUT2D eigenvalue weighted by molar-refractivity contribution is 5.79. The molecule has 4 bridgehead atoms. The summed E-state index contributed by atoms with van der Waals surface area (Å²) >= 11 is 0. The van der Waals surface area contributed by atoms with Crippen LogP contribution >= 0.6 is 0 Å². The summed E-state index contributed by atoms with van der Waals surface area (Å²) in [5.41, 5.74) is -8.83. The Morgan fingerprint density at radius 2 is 1.57 bits per heavy atom. The number of hydrogen-bond donors (Lipinski definition) is 5. The van der Waals surface area contributed by atoms with Crippen LogP contribution in [0.5, 0.6) is 0 Å². The molecule has 7 fully saturated rings. The van der Waals surface area contributed by atoms with Gasteiger partial charge in [-0.1, -0.05) is 34.6 Å². The number of nitrogens with zero attached hydrogens (tertiary/aromatic N) is 1. The molecule has 0 amide bonds. The number of hydrogen-bond acceptors (Lipinski definition) is 15. The number of aliphatic hydroxyl groups excluding tert-OH is 1. The smallest absolute Gasteiger partial charge is 0.338 e. The third kappa shape index (κ3) is 5.53. The van der Waals surface area contributed by atoms with E-state index in [-0.39, 0.29) is 31.7 Å². The van der Waals surface area contributed by atoms with Gasteiger partial charge in [0.1, 0.15) is 17.3 Å². The zero-order valence-corrected chi connectivity index (χ0v) is 34.2. The molecule has 316 valence electrons. The van der Waals surface area contributed by atoms with Gasteiger partial charge in [-0.2, -0.15) is 0 Å². The van der Waals surface area contributed by atoms with Gasteiger partial charge in [-0.05, 0) is 76.5 Å². The van der Waals surface area contributed by atoms with E-state index in [2.05, 4.69) is 11.8 Å². The molecule has 0 unspecified atom stereocenters. The van der Waals surface area contributed by atoms with Gasteiger partial charge in [-0.15, -0.1) is 0 Å². The third-order valence-electron chi connectivity index (χ3n) is 16.0. The molecule has 56 heavy (non-hydrogen) atoms. The van der Waals surface area contributed by atoms with Gasteiger partial charge in [0.05, 0.1) is 23.5 Å². The van der Waals surface area contributed by atoms with Crippen molar-refractivity contribution in [2.75, 3.05) is 13.1 Å². The molecule has 19 atom stereocenters. The average molecular weight is 794 g/mol. The van der Waals surface area contributed by atoms with E-state index in [0.717, 1.165) is 20.3 Å². The number of carbonyl (C=O) groups is 4. The van der Waals surface area contributed by atoms with Crippen LogP contribution in [0.4, 0.5) is 0 Å². The fourth-order valence-electron chi connectivity index (χ4n) is 13.1. The van der Waals surface area contributed by atoms with Gasteiger partial charge in [0.25, 0.3) is 0 Å². The first-order valence-corrected chi connectivity index (χ1v) is 20.7. The van der Waals surface area contributed by atoms with Crippen LogP contribution in [0.1, 0.15) is 107 Å². The molecule has 0 aromatic rings. The summed E-state index contributed by atoms with van der Waals surface area (Å²) < 4.78 is 31.2. The van der Waals surface area contributed by atoms with Crippen LogP contribution in [0.3, 0.4) is 0 Å². The maximum absolute atomic E-state index is 14.0. The van der Waals surface area contributed by atoms with E-state index in [1.165, 1.54) is 6.92 Å². The lowest BCUT2D eigenvalue weighted by Crippen LogP contribution is -2.79. The Hall–Kier alpha value is -2.40. The van der Waals surface area contributed by atoms with Crippen LogP contribution in [-0.2, 0) is 42.9 Å². The van der Waals surface area contributed by atoms with Crippen LogP contribution in [0.2, 0.25) is 0 Å². The Labute approximate surface area is 328 Å². The van der Waals surface area contributed by atoms with Crippen LogP contribution in [-0.4, -0.2) is 132 Å². The van der Waals surface area contributed by atoms with Gasteiger partial charge in [-0.3, -0.25) is 19.3 Å². The average Bonchev–Trinajstić information content (AvgIpc) is 3.43. The van der Waals surface area contributed by atoms with E-state index in [0.29, 0.717) is 31.8 Å². The summed E-state index contributed by atoms with van der Waals surface area (Å²) in [5, 5.41) is 63.1. The van der Waals surface area contributed by atoms with Gasteiger partial charge in [0, 0.05) is 50.2 Å². The maximum Gasteiger partial charge on any atom is 0.338 e. The SMILES string of the molecule is CC[C@H](C)C(=O)O[C@@H]1[C@H](O)[C@@H]2[C@H](CN3C[C@H](C)CC[C@@H]3[C@]2(C)O)[C@@H]2C[C@@]34O[C@@]5(O)[C@H](OC(=O)[C@](C)(O)CC)CC[C@@]3(C)[C@H]5[C@H](OC(C)=O)[C@H](OC(C)=O)[C@@]4(O)[C@@H]21. The summed E-state index contributed by atoms with van der Waals surface area (Å²) in [5.74, 6) is -10.4. The highest BCUT2D eigenvalue weighted by atomic mass is 16.7. The number of ether oxygens (including phenoxy) is 5. The summed E-state index contributed by atoms with van der Waals surface area (Å²) in [4.78, 5) is 55.6. The lowest BCUT2D eigenvalue weighted by Gasteiger charge is -2.63. The quantitative estimate of drug-likeness (QED) is 0.174. The number of fused-ring (bicyclic) bond motifs is 5. The number of piperidine rings is 2. The second-order valence-electron chi connectivity index (χ2n) is 19.2. The highest BCUT2D eigenvalue weighted by Crippen LogP contribution is 2.78. The number of carbonyl (C=O) groups excluding carboxylic acids is 4. The lowest BCUT2D eigenvalue weighted by atomic mass is 9.47. The molecule has 7 aliphatic rings. The van der Waals surface area contributed by atoms with Crippen LogP contribution in [0.25, 0.3) is 0 Å². The second kappa shape index (κ2) is 13.6. The number of aliphatic hydroxyl groups is 5. The molecule has 7 rings (SSSR count). The molecule has 0 aromatic heterocycles. The summed E-state index contributed by atoms with van der Waals surface area (Å²) in [6.07, 6.45) is -5.39. The van der Waals surface area contributed by atoms with Crippen molar-refractivity contribution in [3.63, 3.8) is 0 Å². The van der Waals surface area contributed by atoms with E-state index in [1.54, 1.807) is 20.8 Å². The molecule has 5 N–H and O–H groups in total. The molecule has 3 saturated heterocycles. The Morgan fingerprint density at radius 3 is 2.18 bits per heavy atom. The first-order chi connectivity index (χ1) is 26.0. The van der Waals surface area contributed by atoms with Crippen molar-refractivity contribution in [1.82, 2.24) is 4.90 Å². The van der Waals surface area contributed by atoms with Crippen LogP contribution in [0, 0.1) is 46.8 Å². The fraction of sp³-hybridized carbons (Fsp3) is 0.902. The summed E-state index contributed by atoms with van der Waals surface area (Å²) in [6.45, 7) is 15.5. The van der Waals surface area contributed by atoms with Gasteiger partial charge in [-0.25, -0.2) is 4.79 Å². The molecule has 0 radical (unpaired) electrons. The van der Waals surface area contributed by atoms with Crippen molar-refractivity contribution in [1.29, 1.82) is 0 Å². The zero-order valence-electron chi connectivity index (χ0n) is 34.2. The molecular weight excluding hydrogens is 730 g/mol. The monoisotopic (exact) mass is 793 g/mol. The standard InChI is InChI=1S/C41H63NO14/c1-10-20(4)34(46)55-30-28-23(24-18-42-17-19(3)12-13-25(42)38(9,49)27(24)29(30)45)16-39-36(7)15-14-26(54-35(47)37(8,48)11-2)41(51,56-39)32(36)31(52-21(5)43)33(40(28,39)50)53-22(6)44/h19-20,23-33,45,48-51H,10-18H2,1-9H3/t19-,20+,23+,24-,25-,26-,27+,28+,29-,30+,31+,32-,33+,36+,37-,38+,39-,40+,41+/m1/s1. The zero-order chi connectivity index (χ0) is 41.3. The minimum Gasteiger partial charge on any atom is -0.459 e. The van der Waals surface area contributed by atoms with E-state index in [1.807, 2.05) is 13.8 Å². The predicted octanol–water partition coefficient (Wildman–Crippen LogP) is 1.61. The van der Waals surface area contributed by atoms with E-state index in [4.69, 9.17) is 23.7 Å². The molecule has 15 heteroatoms. The molecule has 4 aliphatic carbocycles. The van der Waals surface area contributed by atoms with Crippen molar-refractivity contribution in [2.45, 2.75) is 172 Å². The van der Waals surface area contributed by atoms with Crippen molar-refractivity contribution in [3.8, 4) is 0 Å². The normalized spacial score (nSPS) is 50.5. The van der Waals surface area contributed by atoms with Gasteiger partial charge < -0.3 is 49.2 Å². The predicted molar refractivity (Wildman–Crippen MR) is 195 cm³/mol. The van der Waals surface area contributed by atoms with E-state index in [9.17, 15) is 44.7 Å². The minimum atomic E-state index is -2.44. The Balaban J connectivity index is 1.45. The first kappa shape index (κ1) is 41.7. The largest absolute Gasteiger partial charge is 0.459 e. The van der Waals surface area contributed by atoms with Crippen molar-refractivity contribution < 1.29 is 68.4 Å². The Morgan fingerprint density at radius 1 is 0.911 bits per heavy atom. The molecule has 3 heterocycles. The second-order valence-corrected chi connectivity index (χ2v) is 19.2. The fourth-order valence-corrected chi connectivity index (χ4v) is 13.1. The molecule has 1 spiro atoms. The van der Waals surface area contributed by atoms with Crippen molar-refractivity contribution in [3.05, 3.63) is 0 Å². The highest BCUT2D eigenvalue weighted by Gasteiger charge is 2.92. The van der Waals surface area contributed by atoms with Gasteiger partial charge in [0.2, 0.25) is 5.79 Å². The Bertz CT molecular complexity index is 1620.